The van der Waals surface area contributed by atoms with Gasteiger partial charge >= 0.3 is 0 Å². The largest absolute Gasteiger partial charge is 0.495 e. The molecule has 1 aromatic carbocycles. The number of ether oxygens (including phenoxy) is 1. The number of halogens is 2. The van der Waals surface area contributed by atoms with E-state index >= 15 is 0 Å². The molecule has 1 aromatic rings. The number of methoxy groups -OCH3 is 1. The molecule has 0 saturated heterocycles. The van der Waals surface area contributed by atoms with Crippen LogP contribution >= 0.6 is 23.2 Å². The Morgan fingerprint density at radius 3 is 2.62 bits per heavy atom. The SMILES string of the molecule is COc1ccc(NCC2(N)CC2)c(Cl)c1Cl. The first kappa shape index (κ1) is 11.8. The molecule has 16 heavy (non-hydrogen) atoms. The molecule has 88 valence electrons. The van der Waals surface area contributed by atoms with Gasteiger partial charge in [-0.05, 0) is 25.0 Å². The summed E-state index contributed by atoms with van der Waals surface area (Å²) in [6.45, 7) is 0.718. The summed E-state index contributed by atoms with van der Waals surface area (Å²) in [4.78, 5) is 0. The molecule has 1 fully saturated rings. The molecule has 0 atom stereocenters. The zero-order chi connectivity index (χ0) is 11.8. The van der Waals surface area contributed by atoms with Crippen LogP contribution in [0, 0.1) is 0 Å². The van der Waals surface area contributed by atoms with Gasteiger partial charge in [0.15, 0.2) is 0 Å². The number of nitrogens with two attached hydrogens (primary N) is 1. The van der Waals surface area contributed by atoms with Crippen LogP contribution in [0.3, 0.4) is 0 Å². The molecule has 0 unspecified atom stereocenters. The lowest BCUT2D eigenvalue weighted by molar-refractivity contribution is 0.415. The minimum absolute atomic E-state index is 0.0598. The standard InChI is InChI=1S/C11H14Cl2N2O/c1-16-8-3-2-7(9(12)10(8)13)15-6-11(14)4-5-11/h2-3,15H,4-6,14H2,1H3. The third-order valence-corrected chi connectivity index (χ3v) is 3.65. The van der Waals surface area contributed by atoms with E-state index in [0.717, 1.165) is 25.1 Å². The van der Waals surface area contributed by atoms with Crippen LogP contribution in [0.25, 0.3) is 0 Å². The zero-order valence-electron chi connectivity index (χ0n) is 9.02. The van der Waals surface area contributed by atoms with Gasteiger partial charge in [-0.2, -0.15) is 0 Å². The third kappa shape index (κ3) is 2.37. The molecule has 1 saturated carbocycles. The lowest BCUT2D eigenvalue weighted by Gasteiger charge is -2.14. The molecule has 0 spiro atoms. The van der Waals surface area contributed by atoms with Crippen LogP contribution in [0.15, 0.2) is 12.1 Å². The van der Waals surface area contributed by atoms with Gasteiger partial charge in [0.1, 0.15) is 10.8 Å². The molecule has 3 nitrogen and oxygen atoms in total. The van der Waals surface area contributed by atoms with Crippen molar-refractivity contribution in [3.05, 3.63) is 22.2 Å². The quantitative estimate of drug-likeness (QED) is 0.876. The summed E-state index contributed by atoms with van der Waals surface area (Å²) in [6, 6.07) is 3.63. The normalized spacial score (nSPS) is 17.0. The van der Waals surface area contributed by atoms with Crippen molar-refractivity contribution < 1.29 is 4.74 Å². The van der Waals surface area contributed by atoms with E-state index in [0.29, 0.717) is 15.8 Å². The molecule has 0 aliphatic heterocycles. The Hall–Kier alpha value is -0.640. The van der Waals surface area contributed by atoms with Crippen LogP contribution in [-0.2, 0) is 0 Å². The molecular weight excluding hydrogens is 247 g/mol. The molecule has 0 amide bonds. The van der Waals surface area contributed by atoms with Crippen molar-refractivity contribution in [3.63, 3.8) is 0 Å². The number of rotatable bonds is 4. The van der Waals surface area contributed by atoms with Gasteiger partial charge in [0.05, 0.1) is 17.8 Å². The first-order valence-corrected chi connectivity index (χ1v) is 5.86. The van der Waals surface area contributed by atoms with Crippen molar-refractivity contribution in [1.29, 1.82) is 0 Å². The maximum Gasteiger partial charge on any atom is 0.139 e. The first-order chi connectivity index (χ1) is 7.56. The van der Waals surface area contributed by atoms with Crippen LogP contribution < -0.4 is 15.8 Å². The lowest BCUT2D eigenvalue weighted by Crippen LogP contribution is -2.31. The summed E-state index contributed by atoms with van der Waals surface area (Å²) < 4.78 is 5.07. The average molecular weight is 261 g/mol. The molecule has 2 rings (SSSR count). The number of nitrogens with one attached hydrogen (secondary N) is 1. The molecule has 0 heterocycles. The predicted molar refractivity (Wildman–Crippen MR) is 67.7 cm³/mol. The molecule has 1 aliphatic carbocycles. The molecule has 0 aromatic heterocycles. The Balaban J connectivity index is 2.12. The van der Waals surface area contributed by atoms with E-state index in [2.05, 4.69) is 5.32 Å². The number of hydrogen-bond acceptors (Lipinski definition) is 3. The van der Waals surface area contributed by atoms with Crippen molar-refractivity contribution >= 4 is 28.9 Å². The van der Waals surface area contributed by atoms with Gasteiger partial charge in [0, 0.05) is 12.1 Å². The highest BCUT2D eigenvalue weighted by atomic mass is 35.5. The van der Waals surface area contributed by atoms with Gasteiger partial charge in [-0.1, -0.05) is 23.2 Å². The highest BCUT2D eigenvalue weighted by molar-refractivity contribution is 6.44. The molecular formula is C11H14Cl2N2O. The van der Waals surface area contributed by atoms with Crippen molar-refractivity contribution in [2.45, 2.75) is 18.4 Å². The van der Waals surface area contributed by atoms with Crippen LogP contribution in [0.2, 0.25) is 10.0 Å². The summed E-state index contributed by atoms with van der Waals surface area (Å²) >= 11 is 12.1. The fraction of sp³-hybridized carbons (Fsp3) is 0.455. The van der Waals surface area contributed by atoms with Crippen molar-refractivity contribution in [1.82, 2.24) is 0 Å². The molecule has 0 bridgehead atoms. The lowest BCUT2D eigenvalue weighted by atomic mass is 10.2. The van der Waals surface area contributed by atoms with Gasteiger partial charge < -0.3 is 15.8 Å². The summed E-state index contributed by atoms with van der Waals surface area (Å²) in [5.41, 5.74) is 6.71. The smallest absolute Gasteiger partial charge is 0.139 e. The Bertz CT molecular complexity index is 405. The maximum absolute atomic E-state index is 6.11. The van der Waals surface area contributed by atoms with Crippen LogP contribution in [0.4, 0.5) is 5.69 Å². The number of benzene rings is 1. The monoisotopic (exact) mass is 260 g/mol. The van der Waals surface area contributed by atoms with Gasteiger partial charge in [-0.3, -0.25) is 0 Å². The third-order valence-electron chi connectivity index (χ3n) is 2.79. The first-order valence-electron chi connectivity index (χ1n) is 5.10. The molecule has 1 aliphatic rings. The van der Waals surface area contributed by atoms with E-state index in [1.165, 1.54) is 0 Å². The summed E-state index contributed by atoms with van der Waals surface area (Å²) in [5, 5.41) is 4.11. The Labute approximate surface area is 105 Å². The van der Waals surface area contributed by atoms with Crippen LogP contribution in [0.5, 0.6) is 5.75 Å². The maximum atomic E-state index is 6.11. The fourth-order valence-electron chi connectivity index (χ4n) is 1.43. The van der Waals surface area contributed by atoms with E-state index in [4.69, 9.17) is 33.7 Å². The van der Waals surface area contributed by atoms with Crippen molar-refractivity contribution in [3.8, 4) is 5.75 Å². The van der Waals surface area contributed by atoms with Gasteiger partial charge in [-0.15, -0.1) is 0 Å². The zero-order valence-corrected chi connectivity index (χ0v) is 10.5. The second kappa shape index (κ2) is 4.32. The fourth-order valence-corrected chi connectivity index (χ4v) is 1.90. The summed E-state index contributed by atoms with van der Waals surface area (Å²) in [7, 11) is 1.56. The second-order valence-corrected chi connectivity index (χ2v) is 4.92. The Morgan fingerprint density at radius 1 is 1.38 bits per heavy atom. The Morgan fingerprint density at radius 2 is 2.06 bits per heavy atom. The van der Waals surface area contributed by atoms with Gasteiger partial charge in [-0.25, -0.2) is 0 Å². The van der Waals surface area contributed by atoms with E-state index in [1.807, 2.05) is 6.07 Å². The van der Waals surface area contributed by atoms with Crippen molar-refractivity contribution in [2.75, 3.05) is 19.0 Å². The molecule has 3 N–H and O–H groups in total. The molecule has 5 heteroatoms. The summed E-state index contributed by atoms with van der Waals surface area (Å²) in [5.74, 6) is 0.575. The predicted octanol–water partition coefficient (Wildman–Crippen LogP) is 2.91. The average Bonchev–Trinajstić information content (AvgIpc) is 2.99. The highest BCUT2D eigenvalue weighted by Gasteiger charge is 2.37. The van der Waals surface area contributed by atoms with Gasteiger partial charge in [0.2, 0.25) is 0 Å². The van der Waals surface area contributed by atoms with Crippen LogP contribution in [-0.4, -0.2) is 19.2 Å². The second-order valence-electron chi connectivity index (χ2n) is 4.16. The minimum Gasteiger partial charge on any atom is -0.495 e. The number of hydrogen-bond donors (Lipinski definition) is 2. The van der Waals surface area contributed by atoms with Gasteiger partial charge in [0.25, 0.3) is 0 Å². The van der Waals surface area contributed by atoms with E-state index in [-0.39, 0.29) is 5.54 Å². The summed E-state index contributed by atoms with van der Waals surface area (Å²) in [6.07, 6.45) is 2.11. The number of anilines is 1. The topological polar surface area (TPSA) is 47.3 Å². The van der Waals surface area contributed by atoms with E-state index in [9.17, 15) is 0 Å². The highest BCUT2D eigenvalue weighted by Crippen LogP contribution is 2.38. The van der Waals surface area contributed by atoms with E-state index in [1.54, 1.807) is 13.2 Å². The van der Waals surface area contributed by atoms with E-state index < -0.39 is 0 Å². The molecule has 0 radical (unpaired) electrons. The Kier molecular flexibility index (Phi) is 3.19. The minimum atomic E-state index is -0.0598. The van der Waals surface area contributed by atoms with Crippen LogP contribution in [0.1, 0.15) is 12.8 Å². The van der Waals surface area contributed by atoms with Crippen molar-refractivity contribution in [2.24, 2.45) is 5.73 Å².